The standard InChI is InChI=1S/C21H20N2O5/c1-3-10-22-16-11-14(8-9-17(16)27-12-19(22)24)20(25)13(2)23-15-6-4-5-7-18(15)28-21(23)26/h4-9,11,13H,3,10,12H2,1-2H3. The molecule has 1 aliphatic heterocycles. The Labute approximate surface area is 161 Å². The van der Waals surface area contributed by atoms with Crippen LogP contribution in [0.4, 0.5) is 5.69 Å². The number of oxazole rings is 1. The summed E-state index contributed by atoms with van der Waals surface area (Å²) in [6, 6.07) is 11.2. The molecule has 1 aliphatic rings. The summed E-state index contributed by atoms with van der Waals surface area (Å²) in [7, 11) is 0. The molecular formula is C21H20N2O5. The Kier molecular flexibility index (Phi) is 4.50. The Bertz CT molecular complexity index is 1130. The first-order chi connectivity index (χ1) is 13.5. The van der Waals surface area contributed by atoms with Gasteiger partial charge in [0.2, 0.25) is 0 Å². The van der Waals surface area contributed by atoms with Crippen LogP contribution in [0.3, 0.4) is 0 Å². The van der Waals surface area contributed by atoms with Crippen molar-refractivity contribution in [3.63, 3.8) is 0 Å². The van der Waals surface area contributed by atoms with Crippen molar-refractivity contribution in [3.05, 3.63) is 58.6 Å². The maximum Gasteiger partial charge on any atom is 0.420 e. The van der Waals surface area contributed by atoms with Crippen molar-refractivity contribution in [1.82, 2.24) is 4.57 Å². The van der Waals surface area contributed by atoms with Crippen molar-refractivity contribution in [1.29, 1.82) is 0 Å². The summed E-state index contributed by atoms with van der Waals surface area (Å²) in [6.45, 7) is 4.19. The lowest BCUT2D eigenvalue weighted by Crippen LogP contribution is -2.39. The number of carbonyl (C=O) groups excluding carboxylic acids is 2. The summed E-state index contributed by atoms with van der Waals surface area (Å²) in [5, 5.41) is 0. The largest absolute Gasteiger partial charge is 0.482 e. The van der Waals surface area contributed by atoms with E-state index < -0.39 is 11.8 Å². The monoisotopic (exact) mass is 380 g/mol. The molecule has 0 bridgehead atoms. The van der Waals surface area contributed by atoms with Gasteiger partial charge in [-0.15, -0.1) is 0 Å². The van der Waals surface area contributed by atoms with Crippen molar-refractivity contribution >= 4 is 28.5 Å². The number of rotatable bonds is 5. The average molecular weight is 380 g/mol. The lowest BCUT2D eigenvalue weighted by molar-refractivity contribution is -0.121. The second-order valence-corrected chi connectivity index (χ2v) is 6.76. The van der Waals surface area contributed by atoms with Gasteiger partial charge in [0.15, 0.2) is 18.0 Å². The fourth-order valence-corrected chi connectivity index (χ4v) is 3.53. The number of anilines is 1. The van der Waals surface area contributed by atoms with Gasteiger partial charge in [0.05, 0.1) is 11.2 Å². The third kappa shape index (κ3) is 2.89. The van der Waals surface area contributed by atoms with Gasteiger partial charge in [-0.2, -0.15) is 0 Å². The van der Waals surface area contributed by atoms with Gasteiger partial charge in [0.25, 0.3) is 5.91 Å². The zero-order chi connectivity index (χ0) is 19.8. The Morgan fingerprint density at radius 2 is 1.96 bits per heavy atom. The van der Waals surface area contributed by atoms with Crippen LogP contribution >= 0.6 is 0 Å². The third-order valence-corrected chi connectivity index (χ3v) is 4.92. The number of para-hydroxylation sites is 2. The first-order valence-corrected chi connectivity index (χ1v) is 9.22. The molecule has 0 spiro atoms. The van der Waals surface area contributed by atoms with E-state index in [0.717, 1.165) is 6.42 Å². The molecule has 0 N–H and O–H groups in total. The van der Waals surface area contributed by atoms with Crippen LogP contribution < -0.4 is 15.4 Å². The van der Waals surface area contributed by atoms with E-state index in [1.807, 2.05) is 6.92 Å². The molecule has 0 aliphatic carbocycles. The first-order valence-electron chi connectivity index (χ1n) is 9.22. The fourth-order valence-electron chi connectivity index (χ4n) is 3.53. The van der Waals surface area contributed by atoms with Gasteiger partial charge >= 0.3 is 5.76 Å². The van der Waals surface area contributed by atoms with Crippen LogP contribution in [0.2, 0.25) is 0 Å². The molecule has 2 aromatic carbocycles. The fraction of sp³-hybridized carbons (Fsp3) is 0.286. The Morgan fingerprint density at radius 1 is 1.18 bits per heavy atom. The molecule has 0 radical (unpaired) electrons. The zero-order valence-electron chi connectivity index (χ0n) is 15.7. The number of ether oxygens (including phenoxy) is 1. The van der Waals surface area contributed by atoms with Crippen LogP contribution in [0.15, 0.2) is 51.7 Å². The van der Waals surface area contributed by atoms with E-state index in [1.54, 1.807) is 54.3 Å². The molecule has 1 atom stereocenters. The summed E-state index contributed by atoms with van der Waals surface area (Å²) >= 11 is 0. The van der Waals surface area contributed by atoms with E-state index in [4.69, 9.17) is 9.15 Å². The van der Waals surface area contributed by atoms with Crippen LogP contribution in [0.1, 0.15) is 36.7 Å². The van der Waals surface area contributed by atoms with Gasteiger partial charge in [-0.3, -0.25) is 14.2 Å². The predicted octanol–water partition coefficient (Wildman–Crippen LogP) is 3.17. The van der Waals surface area contributed by atoms with Gasteiger partial charge < -0.3 is 14.1 Å². The topological polar surface area (TPSA) is 81.8 Å². The maximum atomic E-state index is 13.1. The van der Waals surface area contributed by atoms with Crippen LogP contribution in [0, 0.1) is 0 Å². The molecule has 1 amide bonds. The van der Waals surface area contributed by atoms with Crippen molar-refractivity contribution in [2.24, 2.45) is 0 Å². The molecule has 2 heterocycles. The molecule has 1 aromatic heterocycles. The van der Waals surface area contributed by atoms with E-state index >= 15 is 0 Å². The van der Waals surface area contributed by atoms with Crippen LogP contribution in [-0.4, -0.2) is 29.4 Å². The molecule has 3 aromatic rings. The van der Waals surface area contributed by atoms with Gasteiger partial charge in [-0.1, -0.05) is 19.1 Å². The summed E-state index contributed by atoms with van der Waals surface area (Å²) < 4.78 is 12.1. The predicted molar refractivity (Wildman–Crippen MR) is 104 cm³/mol. The lowest BCUT2D eigenvalue weighted by Gasteiger charge is -2.29. The number of aromatic nitrogens is 1. The van der Waals surface area contributed by atoms with Crippen molar-refractivity contribution < 1.29 is 18.7 Å². The van der Waals surface area contributed by atoms with E-state index in [9.17, 15) is 14.4 Å². The highest BCUT2D eigenvalue weighted by atomic mass is 16.5. The third-order valence-electron chi connectivity index (χ3n) is 4.92. The molecule has 0 saturated carbocycles. The number of benzene rings is 2. The number of amides is 1. The molecule has 0 fully saturated rings. The van der Waals surface area contributed by atoms with Crippen molar-refractivity contribution in [2.45, 2.75) is 26.3 Å². The summed E-state index contributed by atoms with van der Waals surface area (Å²) in [4.78, 5) is 39.3. The maximum absolute atomic E-state index is 13.1. The normalized spacial score (nSPS) is 14.6. The van der Waals surface area contributed by atoms with Gasteiger partial charge in [0, 0.05) is 12.1 Å². The number of carbonyl (C=O) groups is 2. The summed E-state index contributed by atoms with van der Waals surface area (Å²) in [5.74, 6) is -0.385. The minimum Gasteiger partial charge on any atom is -0.482 e. The van der Waals surface area contributed by atoms with E-state index in [-0.39, 0.29) is 18.3 Å². The quantitative estimate of drug-likeness (QED) is 0.635. The second-order valence-electron chi connectivity index (χ2n) is 6.76. The van der Waals surface area contributed by atoms with Crippen LogP contribution in [0.5, 0.6) is 5.75 Å². The zero-order valence-corrected chi connectivity index (χ0v) is 15.7. The molecular weight excluding hydrogens is 360 g/mol. The summed E-state index contributed by atoms with van der Waals surface area (Å²) in [6.07, 6.45) is 0.788. The van der Waals surface area contributed by atoms with Crippen molar-refractivity contribution in [2.75, 3.05) is 18.1 Å². The Hall–Kier alpha value is -3.35. The van der Waals surface area contributed by atoms with E-state index in [2.05, 4.69) is 0 Å². The Morgan fingerprint density at radius 3 is 2.75 bits per heavy atom. The molecule has 0 saturated heterocycles. The molecule has 144 valence electrons. The smallest absolute Gasteiger partial charge is 0.420 e. The molecule has 1 unspecified atom stereocenters. The number of hydrogen-bond acceptors (Lipinski definition) is 5. The van der Waals surface area contributed by atoms with Gasteiger partial charge in [-0.05, 0) is 43.7 Å². The molecule has 28 heavy (non-hydrogen) atoms. The van der Waals surface area contributed by atoms with Crippen LogP contribution in [-0.2, 0) is 4.79 Å². The van der Waals surface area contributed by atoms with Gasteiger partial charge in [0.1, 0.15) is 11.8 Å². The summed E-state index contributed by atoms with van der Waals surface area (Å²) in [5.41, 5.74) is 1.99. The highest BCUT2D eigenvalue weighted by Gasteiger charge is 2.28. The molecule has 4 rings (SSSR count). The number of ketones is 1. The second kappa shape index (κ2) is 6.99. The highest BCUT2D eigenvalue weighted by Crippen LogP contribution is 2.34. The number of Topliss-reactive ketones (excluding diaryl/α,β-unsaturated/α-hetero) is 1. The molecule has 7 nitrogen and oxygen atoms in total. The minimum atomic E-state index is -0.756. The Balaban J connectivity index is 1.73. The minimum absolute atomic E-state index is 0.00685. The molecule has 7 heteroatoms. The average Bonchev–Trinajstić information content (AvgIpc) is 3.04. The highest BCUT2D eigenvalue weighted by molar-refractivity contribution is 6.03. The number of nitrogens with zero attached hydrogens (tertiary/aromatic N) is 2. The SMILES string of the molecule is CCCN1C(=O)COc2ccc(C(=O)C(C)n3c(=O)oc4ccccc43)cc21. The number of hydrogen-bond donors (Lipinski definition) is 0. The lowest BCUT2D eigenvalue weighted by atomic mass is 10.0. The van der Waals surface area contributed by atoms with Gasteiger partial charge in [-0.25, -0.2) is 4.79 Å². The van der Waals surface area contributed by atoms with E-state index in [1.165, 1.54) is 4.57 Å². The van der Waals surface area contributed by atoms with Crippen molar-refractivity contribution in [3.8, 4) is 5.75 Å². The number of fused-ring (bicyclic) bond motifs is 2. The first kappa shape index (κ1) is 18.0. The van der Waals surface area contributed by atoms with E-state index in [0.29, 0.717) is 34.6 Å². The van der Waals surface area contributed by atoms with Crippen LogP contribution in [0.25, 0.3) is 11.1 Å².